The molecule has 0 radical (unpaired) electrons. The van der Waals surface area contributed by atoms with E-state index in [2.05, 4.69) is 25.2 Å². The molecule has 0 atom stereocenters. The van der Waals surface area contributed by atoms with Crippen molar-refractivity contribution >= 4 is 5.70 Å². The van der Waals surface area contributed by atoms with Crippen molar-refractivity contribution in [2.75, 3.05) is 6.61 Å². The lowest BCUT2D eigenvalue weighted by atomic mass is 10.3. The highest BCUT2D eigenvalue weighted by Crippen LogP contribution is 2.11. The molecule has 1 rings (SSSR count). The van der Waals surface area contributed by atoms with Gasteiger partial charge in [0, 0.05) is 12.3 Å². The molecule has 0 fully saturated rings. The van der Waals surface area contributed by atoms with E-state index in [0.29, 0.717) is 12.5 Å². The third kappa shape index (κ3) is 3.77. The first-order valence-electron chi connectivity index (χ1n) is 5.35. The second kappa shape index (κ2) is 5.95. The Balaban J connectivity index is 2.63. The molecule has 86 valence electrons. The summed E-state index contributed by atoms with van der Waals surface area (Å²) < 4.78 is 7.08. The Labute approximate surface area is 96.7 Å². The predicted octanol–water partition coefficient (Wildman–Crippen LogP) is 3.27. The predicted molar refractivity (Wildman–Crippen MR) is 67.3 cm³/mol. The topological polar surface area (TPSA) is 27.1 Å². The molecule has 0 saturated carbocycles. The third-order valence-electron chi connectivity index (χ3n) is 1.87. The van der Waals surface area contributed by atoms with Gasteiger partial charge in [-0.25, -0.2) is 4.68 Å². The van der Waals surface area contributed by atoms with Gasteiger partial charge in [0.25, 0.3) is 0 Å². The summed E-state index contributed by atoms with van der Waals surface area (Å²) in [5.41, 5.74) is 1.77. The van der Waals surface area contributed by atoms with Crippen molar-refractivity contribution in [1.29, 1.82) is 0 Å². The quantitative estimate of drug-likeness (QED) is 0.685. The van der Waals surface area contributed by atoms with Crippen molar-refractivity contribution in [3.63, 3.8) is 0 Å². The van der Waals surface area contributed by atoms with Crippen LogP contribution >= 0.6 is 0 Å². The Kier molecular flexibility index (Phi) is 4.58. The van der Waals surface area contributed by atoms with Crippen molar-refractivity contribution in [3.05, 3.63) is 43.1 Å². The molecule has 0 bridgehead atoms. The number of allylic oxidation sites excluding steroid dienone is 4. The fourth-order valence-electron chi connectivity index (χ4n) is 1.07. The average molecular weight is 218 g/mol. The van der Waals surface area contributed by atoms with Crippen LogP contribution in [0, 0.1) is 0 Å². The molecule has 0 aromatic carbocycles. The normalized spacial score (nSPS) is 10.6. The van der Waals surface area contributed by atoms with Gasteiger partial charge in [-0.15, -0.1) is 5.10 Å². The van der Waals surface area contributed by atoms with Crippen LogP contribution in [0.25, 0.3) is 5.70 Å². The summed E-state index contributed by atoms with van der Waals surface area (Å²) in [4.78, 5) is 0. The van der Waals surface area contributed by atoms with Crippen LogP contribution in [-0.2, 0) is 0 Å². The highest BCUT2D eigenvalue weighted by Gasteiger charge is 1.99. The molecule has 1 aromatic heterocycles. The molecule has 0 spiro atoms. The summed E-state index contributed by atoms with van der Waals surface area (Å²) in [6, 6.07) is 1.83. The molecule has 0 saturated heterocycles. The second-order valence-corrected chi connectivity index (χ2v) is 3.62. The van der Waals surface area contributed by atoms with Gasteiger partial charge in [0.05, 0.1) is 12.3 Å². The molecule has 1 heterocycles. The molecule has 0 aliphatic heterocycles. The van der Waals surface area contributed by atoms with E-state index in [-0.39, 0.29) is 0 Å². The maximum absolute atomic E-state index is 5.40. The lowest BCUT2D eigenvalue weighted by Gasteiger charge is -2.00. The Morgan fingerprint density at radius 2 is 2.25 bits per heavy atom. The van der Waals surface area contributed by atoms with Crippen molar-refractivity contribution in [3.8, 4) is 5.88 Å². The Morgan fingerprint density at radius 1 is 1.50 bits per heavy atom. The molecule has 3 heteroatoms. The minimum absolute atomic E-state index is 0.631. The van der Waals surface area contributed by atoms with Crippen molar-refractivity contribution in [2.24, 2.45) is 0 Å². The van der Waals surface area contributed by atoms with Gasteiger partial charge in [0.2, 0.25) is 5.88 Å². The van der Waals surface area contributed by atoms with E-state index in [4.69, 9.17) is 4.74 Å². The minimum Gasteiger partial charge on any atom is -0.477 e. The molecule has 16 heavy (non-hydrogen) atoms. The van der Waals surface area contributed by atoms with E-state index >= 15 is 0 Å². The highest BCUT2D eigenvalue weighted by molar-refractivity contribution is 5.54. The molecule has 0 amide bonds. The van der Waals surface area contributed by atoms with E-state index in [1.807, 2.05) is 31.3 Å². The first kappa shape index (κ1) is 12.3. The molecular formula is C13H18N2O. The lowest BCUT2D eigenvalue weighted by Crippen LogP contribution is -1.98. The first-order chi connectivity index (χ1) is 7.63. The van der Waals surface area contributed by atoms with E-state index in [1.54, 1.807) is 4.68 Å². The zero-order valence-electron chi connectivity index (χ0n) is 9.94. The van der Waals surface area contributed by atoms with Crippen LogP contribution in [0.5, 0.6) is 5.88 Å². The van der Waals surface area contributed by atoms with Crippen molar-refractivity contribution in [1.82, 2.24) is 9.78 Å². The van der Waals surface area contributed by atoms with E-state index in [9.17, 15) is 0 Å². The van der Waals surface area contributed by atoms with Crippen LogP contribution < -0.4 is 4.74 Å². The number of nitrogens with zero attached hydrogens (tertiary/aromatic N) is 2. The first-order valence-corrected chi connectivity index (χ1v) is 5.35. The van der Waals surface area contributed by atoms with Crippen LogP contribution in [0.15, 0.2) is 43.1 Å². The van der Waals surface area contributed by atoms with Gasteiger partial charge in [-0.1, -0.05) is 31.7 Å². The van der Waals surface area contributed by atoms with Gasteiger partial charge in [0.1, 0.15) is 0 Å². The van der Waals surface area contributed by atoms with Crippen molar-refractivity contribution in [2.45, 2.75) is 20.3 Å². The highest BCUT2D eigenvalue weighted by atomic mass is 16.5. The van der Waals surface area contributed by atoms with Crippen LogP contribution in [-0.4, -0.2) is 16.4 Å². The molecule has 0 aliphatic carbocycles. The van der Waals surface area contributed by atoms with Crippen molar-refractivity contribution < 1.29 is 4.74 Å². The summed E-state index contributed by atoms with van der Waals surface area (Å²) in [6.45, 7) is 12.4. The minimum atomic E-state index is 0.631. The number of rotatable bonds is 6. The third-order valence-corrected chi connectivity index (χ3v) is 1.87. The SMILES string of the molecule is C=C(C)/C=C\C(=C)n1ccc(OCCC)n1. The Bertz CT molecular complexity index is 402. The Hall–Kier alpha value is -1.77. The molecule has 0 N–H and O–H groups in total. The monoisotopic (exact) mass is 218 g/mol. The Morgan fingerprint density at radius 3 is 2.88 bits per heavy atom. The fraction of sp³-hybridized carbons (Fsp3) is 0.308. The van der Waals surface area contributed by atoms with Crippen LogP contribution in [0.1, 0.15) is 20.3 Å². The van der Waals surface area contributed by atoms with Crippen LogP contribution in [0.4, 0.5) is 0 Å². The molecule has 3 nitrogen and oxygen atoms in total. The molecular weight excluding hydrogens is 200 g/mol. The van der Waals surface area contributed by atoms with Gasteiger partial charge in [0.15, 0.2) is 0 Å². The molecule has 0 aliphatic rings. The number of ether oxygens (including phenoxy) is 1. The van der Waals surface area contributed by atoms with Crippen LogP contribution in [0.2, 0.25) is 0 Å². The number of aromatic nitrogens is 2. The summed E-state index contributed by atoms with van der Waals surface area (Å²) in [5.74, 6) is 0.631. The molecule has 1 aromatic rings. The van der Waals surface area contributed by atoms with Gasteiger partial charge < -0.3 is 4.74 Å². The number of hydrogen-bond acceptors (Lipinski definition) is 2. The van der Waals surface area contributed by atoms with Gasteiger partial charge >= 0.3 is 0 Å². The smallest absolute Gasteiger partial charge is 0.233 e. The van der Waals surface area contributed by atoms with Gasteiger partial charge in [-0.3, -0.25) is 0 Å². The zero-order chi connectivity index (χ0) is 12.0. The largest absolute Gasteiger partial charge is 0.477 e. The fourth-order valence-corrected chi connectivity index (χ4v) is 1.07. The summed E-state index contributed by atoms with van der Waals surface area (Å²) in [5, 5.41) is 4.24. The van der Waals surface area contributed by atoms with Gasteiger partial charge in [-0.2, -0.15) is 0 Å². The summed E-state index contributed by atoms with van der Waals surface area (Å²) in [6.07, 6.45) is 6.58. The standard InChI is InChI=1S/C13H18N2O/c1-5-10-16-13-8-9-15(14-13)12(4)7-6-11(2)3/h6-9H,2,4-5,10H2,1,3H3/b7-6-. The number of hydrogen-bond donors (Lipinski definition) is 0. The zero-order valence-corrected chi connectivity index (χ0v) is 9.94. The van der Waals surface area contributed by atoms with Crippen LogP contribution in [0.3, 0.4) is 0 Å². The molecule has 0 unspecified atom stereocenters. The van der Waals surface area contributed by atoms with E-state index < -0.39 is 0 Å². The lowest BCUT2D eigenvalue weighted by molar-refractivity contribution is 0.303. The van der Waals surface area contributed by atoms with E-state index in [0.717, 1.165) is 17.7 Å². The summed E-state index contributed by atoms with van der Waals surface area (Å²) in [7, 11) is 0. The maximum atomic E-state index is 5.40. The summed E-state index contributed by atoms with van der Waals surface area (Å²) >= 11 is 0. The van der Waals surface area contributed by atoms with Gasteiger partial charge in [-0.05, 0) is 19.4 Å². The average Bonchev–Trinajstić information content (AvgIpc) is 2.71. The van der Waals surface area contributed by atoms with E-state index in [1.165, 1.54) is 0 Å². The second-order valence-electron chi connectivity index (χ2n) is 3.62. The maximum Gasteiger partial charge on any atom is 0.233 e.